The first-order valence-electron chi connectivity index (χ1n) is 10.2. The molecule has 9 heteroatoms. The fourth-order valence-electron chi connectivity index (χ4n) is 4.34. The summed E-state index contributed by atoms with van der Waals surface area (Å²) in [4.78, 5) is 14.2. The Morgan fingerprint density at radius 2 is 2.00 bits per heavy atom. The predicted octanol–water partition coefficient (Wildman–Crippen LogP) is 4.20. The van der Waals surface area contributed by atoms with Crippen LogP contribution in [0.5, 0.6) is 0 Å². The molecule has 0 radical (unpaired) electrons. The van der Waals surface area contributed by atoms with Crippen LogP contribution in [-0.2, 0) is 19.5 Å². The van der Waals surface area contributed by atoms with Crippen molar-refractivity contribution in [2.24, 2.45) is 0 Å². The lowest BCUT2D eigenvalue weighted by molar-refractivity contribution is 0.371. The SMILES string of the molecule is Cc1ncc2c(c1-c1noc(Cn3c(C4CC4)nc4ccccc43)n1)CCNC2.Cl.Cl. The maximum atomic E-state index is 5.69. The number of nitrogens with one attached hydrogen (secondary N) is 1. The summed E-state index contributed by atoms with van der Waals surface area (Å²) in [5.41, 5.74) is 6.63. The molecule has 162 valence electrons. The van der Waals surface area contributed by atoms with Gasteiger partial charge in [-0.05, 0) is 56.0 Å². The van der Waals surface area contributed by atoms with Crippen molar-refractivity contribution in [2.45, 2.75) is 45.2 Å². The van der Waals surface area contributed by atoms with E-state index in [0.29, 0.717) is 24.2 Å². The third-order valence-corrected chi connectivity index (χ3v) is 5.94. The van der Waals surface area contributed by atoms with Gasteiger partial charge in [-0.2, -0.15) is 4.98 Å². The molecule has 1 aliphatic heterocycles. The first-order chi connectivity index (χ1) is 14.3. The van der Waals surface area contributed by atoms with Crippen molar-refractivity contribution >= 4 is 35.8 Å². The number of imidazole rings is 1. The zero-order valence-corrected chi connectivity index (χ0v) is 18.8. The first kappa shape index (κ1) is 21.7. The number of pyridine rings is 1. The molecule has 1 aromatic carbocycles. The van der Waals surface area contributed by atoms with Crippen LogP contribution in [0, 0.1) is 6.92 Å². The molecule has 0 unspecified atom stereocenters. The molecule has 7 nitrogen and oxygen atoms in total. The van der Waals surface area contributed by atoms with Gasteiger partial charge in [-0.25, -0.2) is 4.98 Å². The molecule has 0 bridgehead atoms. The van der Waals surface area contributed by atoms with Crippen LogP contribution in [0.2, 0.25) is 0 Å². The van der Waals surface area contributed by atoms with Crippen molar-refractivity contribution in [1.82, 2.24) is 30.0 Å². The third kappa shape index (κ3) is 3.82. The number of rotatable bonds is 4. The summed E-state index contributed by atoms with van der Waals surface area (Å²) in [5.74, 6) is 2.92. The lowest BCUT2D eigenvalue weighted by atomic mass is 9.95. The smallest absolute Gasteiger partial charge is 0.246 e. The number of halogens is 2. The van der Waals surface area contributed by atoms with Crippen molar-refractivity contribution in [3.05, 3.63) is 59.0 Å². The molecule has 3 aromatic heterocycles. The van der Waals surface area contributed by atoms with Gasteiger partial charge in [0, 0.05) is 29.9 Å². The Balaban J connectivity index is 0.00000116. The molecule has 1 saturated carbocycles. The van der Waals surface area contributed by atoms with Crippen LogP contribution in [0.25, 0.3) is 22.4 Å². The van der Waals surface area contributed by atoms with Gasteiger partial charge >= 0.3 is 0 Å². The highest BCUT2D eigenvalue weighted by atomic mass is 35.5. The number of hydrogen-bond donors (Lipinski definition) is 1. The van der Waals surface area contributed by atoms with Crippen LogP contribution in [0.4, 0.5) is 0 Å². The van der Waals surface area contributed by atoms with Gasteiger partial charge in [0.05, 0.1) is 11.0 Å². The molecule has 1 aliphatic carbocycles. The van der Waals surface area contributed by atoms with E-state index in [1.165, 1.54) is 24.0 Å². The van der Waals surface area contributed by atoms with Gasteiger partial charge in [-0.1, -0.05) is 17.3 Å². The minimum Gasteiger partial charge on any atom is -0.337 e. The fraction of sp³-hybridized carbons (Fsp3) is 0.364. The molecule has 1 N–H and O–H groups in total. The summed E-state index contributed by atoms with van der Waals surface area (Å²) in [7, 11) is 0. The number of nitrogens with zero attached hydrogens (tertiary/aromatic N) is 5. The van der Waals surface area contributed by atoms with Gasteiger partial charge in [0.25, 0.3) is 0 Å². The molecule has 31 heavy (non-hydrogen) atoms. The number of aryl methyl sites for hydroxylation is 1. The molecule has 0 amide bonds. The summed E-state index contributed by atoms with van der Waals surface area (Å²) in [5, 5.41) is 7.73. The van der Waals surface area contributed by atoms with E-state index >= 15 is 0 Å². The van der Waals surface area contributed by atoms with Crippen molar-refractivity contribution in [1.29, 1.82) is 0 Å². The number of hydrogen-bond acceptors (Lipinski definition) is 6. The van der Waals surface area contributed by atoms with Gasteiger partial charge in [0.15, 0.2) is 0 Å². The average molecular weight is 459 g/mol. The Morgan fingerprint density at radius 3 is 2.84 bits per heavy atom. The van der Waals surface area contributed by atoms with Crippen LogP contribution in [0.1, 0.15) is 47.3 Å². The predicted molar refractivity (Wildman–Crippen MR) is 123 cm³/mol. The van der Waals surface area contributed by atoms with E-state index in [2.05, 4.69) is 38.2 Å². The number of aromatic nitrogens is 5. The van der Waals surface area contributed by atoms with Gasteiger partial charge < -0.3 is 14.4 Å². The van der Waals surface area contributed by atoms with Gasteiger partial charge in [0.1, 0.15) is 12.4 Å². The standard InChI is InChI=1S/C22H22N6O.2ClH/c1-13-20(16-8-9-23-10-15(16)11-24-13)21-26-19(29-27-21)12-28-18-5-3-2-4-17(18)25-22(28)14-6-7-14;;/h2-5,11,14,23H,6-10,12H2,1H3;2*1H. The Labute approximate surface area is 192 Å². The summed E-state index contributed by atoms with van der Waals surface area (Å²) in [6.45, 7) is 4.36. The minimum absolute atomic E-state index is 0. The minimum atomic E-state index is 0. The summed E-state index contributed by atoms with van der Waals surface area (Å²) >= 11 is 0. The van der Waals surface area contributed by atoms with Crippen LogP contribution < -0.4 is 5.32 Å². The Bertz CT molecular complexity index is 1230. The maximum Gasteiger partial charge on any atom is 0.246 e. The van der Waals surface area contributed by atoms with Crippen LogP contribution in [0.3, 0.4) is 0 Å². The van der Waals surface area contributed by atoms with Crippen LogP contribution in [-0.4, -0.2) is 31.2 Å². The molecule has 4 aromatic rings. The second kappa shape index (κ2) is 8.57. The molecule has 2 aliphatic rings. The summed E-state index contributed by atoms with van der Waals surface area (Å²) < 4.78 is 7.93. The fourth-order valence-corrected chi connectivity index (χ4v) is 4.34. The largest absolute Gasteiger partial charge is 0.337 e. The first-order valence-corrected chi connectivity index (χ1v) is 10.2. The second-order valence-electron chi connectivity index (χ2n) is 7.98. The zero-order valence-electron chi connectivity index (χ0n) is 17.2. The van der Waals surface area contributed by atoms with Crippen molar-refractivity contribution in [3.63, 3.8) is 0 Å². The van der Waals surface area contributed by atoms with Gasteiger partial charge in [-0.15, -0.1) is 24.8 Å². The van der Waals surface area contributed by atoms with E-state index < -0.39 is 0 Å². The molecule has 4 heterocycles. The maximum absolute atomic E-state index is 5.69. The molecule has 6 rings (SSSR count). The third-order valence-electron chi connectivity index (χ3n) is 5.94. The summed E-state index contributed by atoms with van der Waals surface area (Å²) in [6, 6.07) is 8.26. The highest BCUT2D eigenvalue weighted by molar-refractivity contribution is 5.85. The molecular weight excluding hydrogens is 435 g/mol. The van der Waals surface area contributed by atoms with Gasteiger partial charge in [-0.3, -0.25) is 4.98 Å². The highest BCUT2D eigenvalue weighted by Crippen LogP contribution is 2.41. The van der Waals surface area contributed by atoms with E-state index in [4.69, 9.17) is 14.5 Å². The molecule has 0 spiro atoms. The Morgan fingerprint density at radius 1 is 1.16 bits per heavy atom. The number of benzene rings is 1. The van der Waals surface area contributed by atoms with Crippen molar-refractivity contribution in [2.75, 3.05) is 6.54 Å². The number of para-hydroxylation sites is 2. The van der Waals surface area contributed by atoms with E-state index in [0.717, 1.165) is 47.6 Å². The van der Waals surface area contributed by atoms with Crippen molar-refractivity contribution < 1.29 is 4.52 Å². The van der Waals surface area contributed by atoms with Crippen LogP contribution in [0.15, 0.2) is 35.0 Å². The molecule has 0 saturated heterocycles. The molecular formula is C22H24Cl2N6O. The average Bonchev–Trinajstić information content (AvgIpc) is 3.39. The summed E-state index contributed by atoms with van der Waals surface area (Å²) in [6.07, 6.45) is 5.32. The quantitative estimate of drug-likeness (QED) is 0.493. The van der Waals surface area contributed by atoms with E-state index in [-0.39, 0.29) is 24.8 Å². The van der Waals surface area contributed by atoms with E-state index in [9.17, 15) is 0 Å². The normalized spacial score (nSPS) is 15.3. The highest BCUT2D eigenvalue weighted by Gasteiger charge is 2.30. The molecule has 0 atom stereocenters. The Hall–Kier alpha value is -2.48. The lowest BCUT2D eigenvalue weighted by Crippen LogP contribution is -2.24. The zero-order chi connectivity index (χ0) is 19.4. The van der Waals surface area contributed by atoms with Crippen LogP contribution >= 0.6 is 24.8 Å². The molecule has 1 fully saturated rings. The van der Waals surface area contributed by atoms with Gasteiger partial charge in [0.2, 0.25) is 11.7 Å². The Kier molecular flexibility index (Phi) is 6.01. The monoisotopic (exact) mass is 458 g/mol. The topological polar surface area (TPSA) is 81.7 Å². The second-order valence-corrected chi connectivity index (χ2v) is 7.98. The van der Waals surface area contributed by atoms with E-state index in [1.807, 2.05) is 19.2 Å². The lowest BCUT2D eigenvalue weighted by Gasteiger charge is -2.19. The number of fused-ring (bicyclic) bond motifs is 2. The van der Waals surface area contributed by atoms with E-state index in [1.54, 1.807) is 0 Å². The van der Waals surface area contributed by atoms with Crippen molar-refractivity contribution in [3.8, 4) is 11.4 Å².